The largest absolute Gasteiger partial charge is 0.508 e. The van der Waals surface area contributed by atoms with E-state index in [1.807, 2.05) is 0 Å². The molecule has 0 unspecified atom stereocenters. The number of carbonyl (C=O) groups excluding carboxylic acids is 2. The first-order valence-electron chi connectivity index (χ1n) is 9.04. The van der Waals surface area contributed by atoms with Crippen LogP contribution in [0.25, 0.3) is 0 Å². The van der Waals surface area contributed by atoms with Crippen LogP contribution in [0.1, 0.15) is 15.9 Å². The van der Waals surface area contributed by atoms with Crippen LogP contribution in [0.4, 0.5) is 24.5 Å². The third kappa shape index (κ3) is 5.41. The molecule has 10 heteroatoms. The second kappa shape index (κ2) is 9.04. The van der Waals surface area contributed by atoms with Gasteiger partial charge >= 0.3 is 12.1 Å². The van der Waals surface area contributed by atoms with E-state index in [0.717, 1.165) is 12.1 Å². The molecule has 30 heavy (non-hydrogen) atoms. The fourth-order valence-electron chi connectivity index (χ4n) is 2.93. The van der Waals surface area contributed by atoms with Crippen molar-refractivity contribution in [3.63, 3.8) is 0 Å². The lowest BCUT2D eigenvalue weighted by atomic mass is 10.1. The summed E-state index contributed by atoms with van der Waals surface area (Å²) in [6, 6.07) is 8.45. The van der Waals surface area contributed by atoms with Crippen molar-refractivity contribution in [3.05, 3.63) is 53.6 Å². The van der Waals surface area contributed by atoms with E-state index in [4.69, 9.17) is 9.47 Å². The molecule has 0 bridgehead atoms. The van der Waals surface area contributed by atoms with Crippen LogP contribution in [0.2, 0.25) is 0 Å². The van der Waals surface area contributed by atoms with Crippen LogP contribution in [0.5, 0.6) is 5.75 Å². The van der Waals surface area contributed by atoms with Crippen molar-refractivity contribution in [1.82, 2.24) is 0 Å². The predicted molar refractivity (Wildman–Crippen MR) is 101 cm³/mol. The summed E-state index contributed by atoms with van der Waals surface area (Å²) in [7, 11) is 0. The lowest BCUT2D eigenvalue weighted by Crippen LogP contribution is -2.37. The van der Waals surface area contributed by atoms with Gasteiger partial charge in [0.1, 0.15) is 5.75 Å². The number of nitrogens with zero attached hydrogens (tertiary/aromatic N) is 1. The minimum Gasteiger partial charge on any atom is -0.508 e. The highest BCUT2D eigenvalue weighted by Gasteiger charge is 2.32. The van der Waals surface area contributed by atoms with Gasteiger partial charge in [0.2, 0.25) is 0 Å². The number of halogens is 3. The molecular formula is C20H19F3N2O5. The number of esters is 1. The molecule has 2 aromatic carbocycles. The third-order valence-corrected chi connectivity index (χ3v) is 4.37. The topological polar surface area (TPSA) is 88.1 Å². The number of hydrogen-bond donors (Lipinski definition) is 2. The molecule has 0 aliphatic carbocycles. The van der Waals surface area contributed by atoms with Crippen LogP contribution in [-0.2, 0) is 20.4 Å². The van der Waals surface area contributed by atoms with Gasteiger partial charge in [0.25, 0.3) is 5.91 Å². The second-order valence-electron chi connectivity index (χ2n) is 6.50. The predicted octanol–water partition coefficient (Wildman–Crippen LogP) is 3.04. The standard InChI is InChI=1S/C20H19F3N2O5/c21-20(22,23)14-4-5-17(25-6-8-29-9-7-25)16(11-14)24-18(27)12-30-19(28)13-2-1-3-15(26)10-13/h1-5,10-11,26H,6-9,12H2,(H,24,27). The number of anilines is 2. The molecule has 0 saturated carbocycles. The van der Waals surface area contributed by atoms with E-state index in [1.54, 1.807) is 4.90 Å². The first-order valence-corrected chi connectivity index (χ1v) is 9.04. The zero-order valence-corrected chi connectivity index (χ0v) is 15.7. The zero-order valence-electron chi connectivity index (χ0n) is 15.7. The Kier molecular flexibility index (Phi) is 6.46. The minimum absolute atomic E-state index is 0.0369. The third-order valence-electron chi connectivity index (χ3n) is 4.37. The molecule has 0 radical (unpaired) electrons. The molecule has 1 fully saturated rings. The van der Waals surface area contributed by atoms with Crippen molar-refractivity contribution in [2.24, 2.45) is 0 Å². The first kappa shape index (κ1) is 21.4. The average molecular weight is 424 g/mol. The molecule has 0 spiro atoms. The summed E-state index contributed by atoms with van der Waals surface area (Å²) in [6.45, 7) is 1.04. The number of phenolic OH excluding ortho intramolecular Hbond substituents is 1. The smallest absolute Gasteiger partial charge is 0.416 e. The summed E-state index contributed by atoms with van der Waals surface area (Å²) in [6.07, 6.45) is -4.58. The van der Waals surface area contributed by atoms with E-state index in [1.165, 1.54) is 30.3 Å². The molecule has 1 aliphatic rings. The van der Waals surface area contributed by atoms with E-state index in [0.29, 0.717) is 32.0 Å². The Morgan fingerprint density at radius 2 is 1.87 bits per heavy atom. The first-order chi connectivity index (χ1) is 14.2. The number of ether oxygens (including phenoxy) is 2. The van der Waals surface area contributed by atoms with Gasteiger partial charge in [-0.1, -0.05) is 6.07 Å². The zero-order chi connectivity index (χ0) is 21.7. The maximum atomic E-state index is 13.1. The van der Waals surface area contributed by atoms with E-state index in [2.05, 4.69) is 5.32 Å². The number of amides is 1. The number of aromatic hydroxyl groups is 1. The molecule has 0 atom stereocenters. The van der Waals surface area contributed by atoms with Gasteiger partial charge in [-0.15, -0.1) is 0 Å². The summed E-state index contributed by atoms with van der Waals surface area (Å²) in [4.78, 5) is 26.0. The molecule has 7 nitrogen and oxygen atoms in total. The molecule has 1 amide bonds. The molecule has 3 rings (SSSR count). The fraction of sp³-hybridized carbons (Fsp3) is 0.300. The normalized spacial score (nSPS) is 14.3. The van der Waals surface area contributed by atoms with Gasteiger partial charge in [-0.3, -0.25) is 4.79 Å². The van der Waals surface area contributed by atoms with Gasteiger partial charge in [0.05, 0.1) is 35.7 Å². The highest BCUT2D eigenvalue weighted by Crippen LogP contribution is 2.35. The van der Waals surface area contributed by atoms with Crippen molar-refractivity contribution in [2.75, 3.05) is 43.1 Å². The fourth-order valence-corrected chi connectivity index (χ4v) is 2.93. The minimum atomic E-state index is -4.58. The van der Waals surface area contributed by atoms with Crippen molar-refractivity contribution >= 4 is 23.3 Å². The molecule has 160 valence electrons. The van der Waals surface area contributed by atoms with Gasteiger partial charge in [-0.05, 0) is 36.4 Å². The number of phenols is 1. The number of rotatable bonds is 5. The van der Waals surface area contributed by atoms with Gasteiger partial charge in [0, 0.05) is 13.1 Å². The number of alkyl halides is 3. The molecule has 1 saturated heterocycles. The SMILES string of the molecule is O=C(COC(=O)c1cccc(O)c1)Nc1cc(C(F)(F)F)ccc1N1CCOCC1. The molecule has 2 N–H and O–H groups in total. The molecule has 2 aromatic rings. The number of carbonyl (C=O) groups is 2. The molecular weight excluding hydrogens is 405 g/mol. The number of benzene rings is 2. The maximum Gasteiger partial charge on any atom is 0.416 e. The number of nitrogens with one attached hydrogen (secondary N) is 1. The van der Waals surface area contributed by atoms with E-state index < -0.39 is 30.2 Å². The van der Waals surface area contributed by atoms with Crippen molar-refractivity contribution in [1.29, 1.82) is 0 Å². The monoisotopic (exact) mass is 424 g/mol. The van der Waals surface area contributed by atoms with Crippen LogP contribution >= 0.6 is 0 Å². The second-order valence-corrected chi connectivity index (χ2v) is 6.50. The van der Waals surface area contributed by atoms with E-state index >= 15 is 0 Å². The van der Waals surface area contributed by atoms with E-state index in [9.17, 15) is 27.9 Å². The number of hydrogen-bond acceptors (Lipinski definition) is 6. The number of morpholine rings is 1. The van der Waals surface area contributed by atoms with Crippen LogP contribution < -0.4 is 10.2 Å². The highest BCUT2D eigenvalue weighted by atomic mass is 19.4. The van der Waals surface area contributed by atoms with Crippen LogP contribution in [-0.4, -0.2) is 49.9 Å². The van der Waals surface area contributed by atoms with Gasteiger partial charge in [0.15, 0.2) is 6.61 Å². The summed E-state index contributed by atoms with van der Waals surface area (Å²) in [5.74, 6) is -1.79. The maximum absolute atomic E-state index is 13.1. The Labute approximate surface area is 170 Å². The summed E-state index contributed by atoms with van der Waals surface area (Å²) in [5.41, 5.74) is -0.494. The van der Waals surface area contributed by atoms with Crippen molar-refractivity contribution < 1.29 is 37.3 Å². The highest BCUT2D eigenvalue weighted by molar-refractivity contribution is 5.97. The van der Waals surface area contributed by atoms with Crippen LogP contribution in [0.15, 0.2) is 42.5 Å². The Morgan fingerprint density at radius 3 is 2.53 bits per heavy atom. The van der Waals surface area contributed by atoms with Gasteiger partial charge in [-0.2, -0.15) is 13.2 Å². The van der Waals surface area contributed by atoms with Gasteiger partial charge < -0.3 is 24.8 Å². The quantitative estimate of drug-likeness (QED) is 0.718. The summed E-state index contributed by atoms with van der Waals surface area (Å²) in [5, 5.41) is 11.8. The van der Waals surface area contributed by atoms with Gasteiger partial charge in [-0.25, -0.2) is 4.79 Å². The van der Waals surface area contributed by atoms with Crippen molar-refractivity contribution in [3.8, 4) is 5.75 Å². The molecule has 1 aliphatic heterocycles. The van der Waals surface area contributed by atoms with Crippen LogP contribution in [0.3, 0.4) is 0 Å². The lowest BCUT2D eigenvalue weighted by molar-refractivity contribution is -0.137. The molecule has 0 aromatic heterocycles. The van der Waals surface area contributed by atoms with Crippen molar-refractivity contribution in [2.45, 2.75) is 6.18 Å². The van der Waals surface area contributed by atoms with Crippen LogP contribution in [0, 0.1) is 0 Å². The Morgan fingerprint density at radius 1 is 1.13 bits per heavy atom. The molecule has 1 heterocycles. The Balaban J connectivity index is 1.72. The Bertz CT molecular complexity index is 927. The van der Waals surface area contributed by atoms with E-state index in [-0.39, 0.29) is 17.0 Å². The average Bonchev–Trinajstić information content (AvgIpc) is 2.72. The lowest BCUT2D eigenvalue weighted by Gasteiger charge is -2.31. The summed E-state index contributed by atoms with van der Waals surface area (Å²) < 4.78 is 49.5. The Hall–Kier alpha value is -3.27. The summed E-state index contributed by atoms with van der Waals surface area (Å²) >= 11 is 0.